The molecule has 0 spiro atoms. The second-order valence-electron chi connectivity index (χ2n) is 4.48. The Morgan fingerprint density at radius 1 is 1.62 bits per heavy atom. The summed E-state index contributed by atoms with van der Waals surface area (Å²) in [5.41, 5.74) is 1.02. The number of hydrogen-bond acceptors (Lipinski definition) is 3. The van der Waals surface area contributed by atoms with Gasteiger partial charge in [-0.3, -0.25) is 4.90 Å². The minimum atomic E-state index is 0.479. The second kappa shape index (κ2) is 5.48. The number of alkyl halides is 1. The van der Waals surface area contributed by atoms with Gasteiger partial charge in [-0.25, -0.2) is 4.98 Å². The highest BCUT2D eigenvalue weighted by molar-refractivity contribution is 7.09. The maximum Gasteiger partial charge on any atom is 0.110 e. The smallest absolute Gasteiger partial charge is 0.110 e. The predicted octanol–water partition coefficient (Wildman–Crippen LogP) is 3.82. The van der Waals surface area contributed by atoms with E-state index in [1.54, 1.807) is 11.3 Å². The minimum absolute atomic E-state index is 0.479. The Hall–Kier alpha value is -0.120. The van der Waals surface area contributed by atoms with E-state index in [-0.39, 0.29) is 0 Å². The summed E-state index contributed by atoms with van der Waals surface area (Å²) < 4.78 is 0. The number of aromatic nitrogens is 1. The van der Waals surface area contributed by atoms with Crippen LogP contribution in [0.4, 0.5) is 0 Å². The molecule has 2 rings (SSSR count). The van der Waals surface area contributed by atoms with Gasteiger partial charge < -0.3 is 0 Å². The molecule has 0 N–H and O–H groups in total. The van der Waals surface area contributed by atoms with E-state index in [9.17, 15) is 0 Å². The molecular formula is C12H19ClN2S. The fourth-order valence-corrected chi connectivity index (χ4v) is 3.50. The SMILES string of the molecule is CCC(c1nc(CCl)cs1)N(C)C1CCC1. The molecule has 1 saturated carbocycles. The van der Waals surface area contributed by atoms with Crippen LogP contribution in [0.2, 0.25) is 0 Å². The molecule has 1 aliphatic carbocycles. The third-order valence-electron chi connectivity index (χ3n) is 3.52. The summed E-state index contributed by atoms with van der Waals surface area (Å²) in [5, 5.41) is 3.31. The van der Waals surface area contributed by atoms with Gasteiger partial charge in [0, 0.05) is 11.4 Å². The monoisotopic (exact) mass is 258 g/mol. The summed E-state index contributed by atoms with van der Waals surface area (Å²) >= 11 is 7.55. The number of nitrogens with zero attached hydrogens (tertiary/aromatic N) is 2. The van der Waals surface area contributed by atoms with Crippen LogP contribution in [-0.2, 0) is 5.88 Å². The van der Waals surface area contributed by atoms with Gasteiger partial charge in [0.2, 0.25) is 0 Å². The van der Waals surface area contributed by atoms with Gasteiger partial charge in [-0.15, -0.1) is 22.9 Å². The molecule has 0 saturated heterocycles. The molecule has 1 unspecified atom stereocenters. The van der Waals surface area contributed by atoms with Crippen molar-refractivity contribution in [3.63, 3.8) is 0 Å². The van der Waals surface area contributed by atoms with Crippen LogP contribution in [0.1, 0.15) is 49.4 Å². The van der Waals surface area contributed by atoms with E-state index < -0.39 is 0 Å². The highest BCUT2D eigenvalue weighted by Gasteiger charge is 2.28. The maximum absolute atomic E-state index is 5.80. The molecule has 2 nitrogen and oxygen atoms in total. The van der Waals surface area contributed by atoms with Crippen molar-refractivity contribution in [2.24, 2.45) is 0 Å². The zero-order chi connectivity index (χ0) is 11.5. The molecule has 1 fully saturated rings. The molecule has 1 heterocycles. The average Bonchev–Trinajstić information content (AvgIpc) is 2.65. The lowest BCUT2D eigenvalue weighted by Crippen LogP contribution is -2.39. The fourth-order valence-electron chi connectivity index (χ4n) is 2.22. The Morgan fingerprint density at radius 3 is 2.81 bits per heavy atom. The number of rotatable bonds is 5. The highest BCUT2D eigenvalue weighted by atomic mass is 35.5. The largest absolute Gasteiger partial charge is 0.294 e. The quantitative estimate of drug-likeness (QED) is 0.747. The normalized spacial score (nSPS) is 18.8. The van der Waals surface area contributed by atoms with E-state index in [0.29, 0.717) is 11.9 Å². The van der Waals surface area contributed by atoms with Crippen molar-refractivity contribution >= 4 is 22.9 Å². The summed E-state index contributed by atoms with van der Waals surface area (Å²) in [6.07, 6.45) is 5.21. The molecule has 0 radical (unpaired) electrons. The van der Waals surface area contributed by atoms with Crippen LogP contribution in [0, 0.1) is 0 Å². The summed E-state index contributed by atoms with van der Waals surface area (Å²) in [7, 11) is 2.24. The van der Waals surface area contributed by atoms with Crippen molar-refractivity contribution in [3.8, 4) is 0 Å². The van der Waals surface area contributed by atoms with Crippen LogP contribution < -0.4 is 0 Å². The molecule has 0 aliphatic heterocycles. The lowest BCUT2D eigenvalue weighted by Gasteiger charge is -2.39. The first-order chi connectivity index (χ1) is 7.76. The van der Waals surface area contributed by atoms with Crippen molar-refractivity contribution in [2.45, 2.75) is 50.6 Å². The molecular weight excluding hydrogens is 240 g/mol. The first-order valence-corrected chi connectivity index (χ1v) is 7.39. The molecule has 0 bridgehead atoms. The van der Waals surface area contributed by atoms with Crippen molar-refractivity contribution < 1.29 is 0 Å². The van der Waals surface area contributed by atoms with Crippen LogP contribution in [0.5, 0.6) is 0 Å². The van der Waals surface area contributed by atoms with E-state index >= 15 is 0 Å². The first-order valence-electron chi connectivity index (χ1n) is 5.98. The summed E-state index contributed by atoms with van der Waals surface area (Å²) in [4.78, 5) is 7.11. The van der Waals surface area contributed by atoms with E-state index in [4.69, 9.17) is 11.6 Å². The van der Waals surface area contributed by atoms with Crippen LogP contribution in [0.15, 0.2) is 5.38 Å². The highest BCUT2D eigenvalue weighted by Crippen LogP contribution is 2.33. The molecule has 1 atom stereocenters. The van der Waals surface area contributed by atoms with Crippen molar-refractivity contribution in [1.82, 2.24) is 9.88 Å². The Labute approximate surface area is 107 Å². The number of hydrogen-bond donors (Lipinski definition) is 0. The maximum atomic E-state index is 5.80. The second-order valence-corrected chi connectivity index (χ2v) is 5.64. The fraction of sp³-hybridized carbons (Fsp3) is 0.750. The number of thiazole rings is 1. The third-order valence-corrected chi connectivity index (χ3v) is 4.79. The van der Waals surface area contributed by atoms with Crippen LogP contribution in [0.25, 0.3) is 0 Å². The van der Waals surface area contributed by atoms with Gasteiger partial charge in [-0.2, -0.15) is 0 Å². The molecule has 90 valence electrons. The van der Waals surface area contributed by atoms with Gasteiger partial charge in [-0.1, -0.05) is 13.3 Å². The topological polar surface area (TPSA) is 16.1 Å². The Balaban J connectivity index is 2.08. The standard InChI is InChI=1S/C12H19ClN2S/c1-3-11(15(2)10-5-4-6-10)12-14-9(7-13)8-16-12/h8,10-11H,3-7H2,1-2H3. The van der Waals surface area contributed by atoms with Gasteiger partial charge in [0.25, 0.3) is 0 Å². The van der Waals surface area contributed by atoms with Crippen molar-refractivity contribution in [3.05, 3.63) is 16.1 Å². The minimum Gasteiger partial charge on any atom is -0.294 e. The predicted molar refractivity (Wildman–Crippen MR) is 70.1 cm³/mol. The van der Waals surface area contributed by atoms with Gasteiger partial charge in [-0.05, 0) is 26.3 Å². The zero-order valence-corrected chi connectivity index (χ0v) is 11.5. The summed E-state index contributed by atoms with van der Waals surface area (Å²) in [5.74, 6) is 0.528. The Morgan fingerprint density at radius 2 is 2.38 bits per heavy atom. The van der Waals surface area contributed by atoms with E-state index in [1.165, 1.54) is 24.3 Å². The number of halogens is 1. The Bertz CT molecular complexity index is 336. The van der Waals surface area contributed by atoms with E-state index in [0.717, 1.165) is 18.2 Å². The molecule has 1 aromatic rings. The molecule has 1 aromatic heterocycles. The van der Waals surface area contributed by atoms with Gasteiger partial charge >= 0.3 is 0 Å². The molecule has 16 heavy (non-hydrogen) atoms. The molecule has 0 aromatic carbocycles. The first kappa shape index (κ1) is 12.3. The molecule has 1 aliphatic rings. The molecule has 4 heteroatoms. The zero-order valence-electron chi connectivity index (χ0n) is 9.95. The van der Waals surface area contributed by atoms with Gasteiger partial charge in [0.05, 0.1) is 17.6 Å². The van der Waals surface area contributed by atoms with Crippen molar-refractivity contribution in [1.29, 1.82) is 0 Å². The van der Waals surface area contributed by atoms with E-state index in [2.05, 4.69) is 29.2 Å². The molecule has 0 amide bonds. The van der Waals surface area contributed by atoms with Crippen molar-refractivity contribution in [2.75, 3.05) is 7.05 Å². The average molecular weight is 259 g/mol. The third kappa shape index (κ3) is 2.41. The van der Waals surface area contributed by atoms with Gasteiger partial charge in [0.1, 0.15) is 5.01 Å². The Kier molecular flexibility index (Phi) is 4.22. The summed E-state index contributed by atoms with van der Waals surface area (Å²) in [6.45, 7) is 2.24. The lowest BCUT2D eigenvalue weighted by molar-refractivity contribution is 0.107. The van der Waals surface area contributed by atoms with E-state index in [1.807, 2.05) is 0 Å². The lowest BCUT2D eigenvalue weighted by atomic mass is 9.90. The van der Waals surface area contributed by atoms with Crippen LogP contribution in [-0.4, -0.2) is 23.0 Å². The van der Waals surface area contributed by atoms with Gasteiger partial charge in [0.15, 0.2) is 0 Å². The van der Waals surface area contributed by atoms with Crippen LogP contribution in [0.3, 0.4) is 0 Å². The van der Waals surface area contributed by atoms with Crippen LogP contribution >= 0.6 is 22.9 Å². The summed E-state index contributed by atoms with van der Waals surface area (Å²) in [6, 6.07) is 1.25.